The van der Waals surface area contributed by atoms with E-state index in [2.05, 4.69) is 16.5 Å². The van der Waals surface area contributed by atoms with Crippen molar-refractivity contribution in [3.63, 3.8) is 0 Å². The Hall–Kier alpha value is -0.170. The Labute approximate surface area is 85.5 Å². The summed E-state index contributed by atoms with van der Waals surface area (Å²) in [5.41, 5.74) is 0. The van der Waals surface area contributed by atoms with Crippen molar-refractivity contribution in [2.75, 3.05) is 39.1 Å². The van der Waals surface area contributed by atoms with Gasteiger partial charge in [-0.05, 0) is 6.92 Å². The van der Waals surface area contributed by atoms with Gasteiger partial charge in [0.05, 0.1) is 19.5 Å². The van der Waals surface area contributed by atoms with Gasteiger partial charge in [0.25, 0.3) is 0 Å². The van der Waals surface area contributed by atoms with E-state index in [1.165, 1.54) is 6.26 Å². The van der Waals surface area contributed by atoms with Crippen molar-refractivity contribution in [1.82, 2.24) is 9.62 Å². The first-order chi connectivity index (χ1) is 6.49. The molecule has 1 atom stereocenters. The van der Waals surface area contributed by atoms with Crippen LogP contribution in [0.15, 0.2) is 0 Å². The molecule has 0 aromatic rings. The van der Waals surface area contributed by atoms with Crippen LogP contribution in [0, 0.1) is 0 Å². The number of rotatable bonds is 4. The topological polar surface area (TPSA) is 58.6 Å². The van der Waals surface area contributed by atoms with Crippen molar-refractivity contribution in [3.05, 3.63) is 0 Å². The maximum Gasteiger partial charge on any atom is 0.208 e. The minimum absolute atomic E-state index is 0.380. The zero-order chi connectivity index (χ0) is 10.6. The molecule has 1 aliphatic heterocycles. The molecule has 1 aliphatic rings. The molecule has 6 heteroatoms. The summed E-state index contributed by atoms with van der Waals surface area (Å²) in [6.45, 7) is 5.66. The molecule has 0 unspecified atom stereocenters. The first-order valence-electron chi connectivity index (χ1n) is 4.75. The average molecular weight is 222 g/mol. The van der Waals surface area contributed by atoms with E-state index in [9.17, 15) is 8.42 Å². The minimum Gasteiger partial charge on any atom is -0.379 e. The van der Waals surface area contributed by atoms with Gasteiger partial charge >= 0.3 is 0 Å². The Morgan fingerprint density at radius 1 is 1.57 bits per heavy atom. The maximum atomic E-state index is 10.8. The Morgan fingerprint density at radius 2 is 2.29 bits per heavy atom. The van der Waals surface area contributed by atoms with E-state index >= 15 is 0 Å². The molecule has 0 aromatic carbocycles. The highest BCUT2D eigenvalue weighted by atomic mass is 32.2. The molecule has 0 radical (unpaired) electrons. The maximum absolute atomic E-state index is 10.8. The molecule has 84 valence electrons. The molecular weight excluding hydrogens is 204 g/mol. The van der Waals surface area contributed by atoms with Crippen LogP contribution in [-0.4, -0.2) is 58.5 Å². The zero-order valence-electron chi connectivity index (χ0n) is 8.69. The SMILES string of the molecule is C[C@@H]1COCCN1CCNS(C)(=O)=O. The van der Waals surface area contributed by atoms with Gasteiger partial charge in [-0.25, -0.2) is 13.1 Å². The van der Waals surface area contributed by atoms with Crippen LogP contribution in [-0.2, 0) is 14.8 Å². The van der Waals surface area contributed by atoms with Crippen LogP contribution >= 0.6 is 0 Å². The minimum atomic E-state index is -3.05. The van der Waals surface area contributed by atoms with Crippen molar-refractivity contribution >= 4 is 10.0 Å². The molecule has 1 rings (SSSR count). The molecule has 0 spiro atoms. The van der Waals surface area contributed by atoms with Gasteiger partial charge in [-0.3, -0.25) is 4.90 Å². The molecule has 14 heavy (non-hydrogen) atoms. The Morgan fingerprint density at radius 3 is 2.86 bits per heavy atom. The summed E-state index contributed by atoms with van der Waals surface area (Å²) in [5, 5.41) is 0. The predicted molar refractivity (Wildman–Crippen MR) is 54.7 cm³/mol. The Kier molecular flexibility index (Phi) is 4.31. The van der Waals surface area contributed by atoms with Crippen molar-refractivity contribution < 1.29 is 13.2 Å². The summed E-state index contributed by atoms with van der Waals surface area (Å²) in [4.78, 5) is 2.22. The number of hydrogen-bond donors (Lipinski definition) is 1. The van der Waals surface area contributed by atoms with E-state index in [-0.39, 0.29) is 0 Å². The lowest BCUT2D eigenvalue weighted by Gasteiger charge is -2.33. The van der Waals surface area contributed by atoms with Gasteiger partial charge in [0.15, 0.2) is 0 Å². The predicted octanol–water partition coefficient (Wildman–Crippen LogP) is -0.744. The number of hydrogen-bond acceptors (Lipinski definition) is 4. The van der Waals surface area contributed by atoms with E-state index in [1.54, 1.807) is 0 Å². The highest BCUT2D eigenvalue weighted by Gasteiger charge is 2.18. The van der Waals surface area contributed by atoms with Crippen LogP contribution in [0.5, 0.6) is 0 Å². The largest absolute Gasteiger partial charge is 0.379 e. The van der Waals surface area contributed by atoms with E-state index in [1.807, 2.05) is 0 Å². The third kappa shape index (κ3) is 4.36. The van der Waals surface area contributed by atoms with Gasteiger partial charge < -0.3 is 4.74 Å². The molecule has 0 aliphatic carbocycles. The smallest absolute Gasteiger partial charge is 0.208 e. The summed E-state index contributed by atoms with van der Waals surface area (Å²) in [6.07, 6.45) is 1.18. The summed E-state index contributed by atoms with van der Waals surface area (Å²) in [6, 6.07) is 0.380. The lowest BCUT2D eigenvalue weighted by atomic mass is 10.2. The van der Waals surface area contributed by atoms with Crippen LogP contribution < -0.4 is 4.72 Å². The molecule has 0 aromatic heterocycles. The second-order valence-corrected chi connectivity index (χ2v) is 5.46. The van der Waals surface area contributed by atoms with Gasteiger partial charge in [0.2, 0.25) is 10.0 Å². The normalized spacial score (nSPS) is 25.1. The van der Waals surface area contributed by atoms with E-state index in [0.717, 1.165) is 26.3 Å². The Bertz CT molecular complexity index is 266. The lowest BCUT2D eigenvalue weighted by molar-refractivity contribution is 0.000993. The van der Waals surface area contributed by atoms with Crippen LogP contribution in [0.25, 0.3) is 0 Å². The van der Waals surface area contributed by atoms with Gasteiger partial charge in [0.1, 0.15) is 0 Å². The van der Waals surface area contributed by atoms with Gasteiger partial charge in [-0.2, -0.15) is 0 Å². The van der Waals surface area contributed by atoms with Crippen molar-refractivity contribution in [1.29, 1.82) is 0 Å². The fourth-order valence-electron chi connectivity index (χ4n) is 1.47. The number of sulfonamides is 1. The fraction of sp³-hybridized carbons (Fsp3) is 1.00. The molecule has 5 nitrogen and oxygen atoms in total. The van der Waals surface area contributed by atoms with Crippen LogP contribution in [0.2, 0.25) is 0 Å². The van der Waals surface area contributed by atoms with Crippen LogP contribution in [0.3, 0.4) is 0 Å². The summed E-state index contributed by atoms with van der Waals surface area (Å²) < 4.78 is 29.4. The second kappa shape index (κ2) is 5.06. The first-order valence-corrected chi connectivity index (χ1v) is 6.64. The molecule has 0 bridgehead atoms. The highest BCUT2D eigenvalue weighted by molar-refractivity contribution is 7.88. The molecule has 1 heterocycles. The van der Waals surface area contributed by atoms with Gasteiger partial charge in [0, 0.05) is 25.7 Å². The summed E-state index contributed by atoms with van der Waals surface area (Å²) >= 11 is 0. The fourth-order valence-corrected chi connectivity index (χ4v) is 1.93. The number of nitrogens with zero attached hydrogens (tertiary/aromatic N) is 1. The molecule has 1 saturated heterocycles. The van der Waals surface area contributed by atoms with Gasteiger partial charge in [-0.1, -0.05) is 0 Å². The molecule has 1 N–H and O–H groups in total. The number of nitrogens with one attached hydrogen (secondary N) is 1. The van der Waals surface area contributed by atoms with Gasteiger partial charge in [-0.15, -0.1) is 0 Å². The second-order valence-electron chi connectivity index (χ2n) is 3.63. The summed E-state index contributed by atoms with van der Waals surface area (Å²) in [5.74, 6) is 0. The average Bonchev–Trinajstić information content (AvgIpc) is 2.06. The van der Waals surface area contributed by atoms with Crippen molar-refractivity contribution in [2.45, 2.75) is 13.0 Å². The van der Waals surface area contributed by atoms with E-state index in [4.69, 9.17) is 4.74 Å². The zero-order valence-corrected chi connectivity index (χ0v) is 9.51. The Balaban J connectivity index is 2.23. The highest BCUT2D eigenvalue weighted by Crippen LogP contribution is 2.04. The quantitative estimate of drug-likeness (QED) is 0.680. The first kappa shape index (κ1) is 11.9. The third-order valence-corrected chi connectivity index (χ3v) is 3.00. The van der Waals surface area contributed by atoms with Crippen molar-refractivity contribution in [3.8, 4) is 0 Å². The monoisotopic (exact) mass is 222 g/mol. The van der Waals surface area contributed by atoms with Crippen LogP contribution in [0.4, 0.5) is 0 Å². The molecule has 0 saturated carbocycles. The molecular formula is C8H18N2O3S. The van der Waals surface area contributed by atoms with E-state index < -0.39 is 10.0 Å². The molecule has 0 amide bonds. The number of ether oxygens (including phenoxy) is 1. The van der Waals surface area contributed by atoms with E-state index in [0.29, 0.717) is 12.6 Å². The number of morpholine rings is 1. The lowest BCUT2D eigenvalue weighted by Crippen LogP contribution is -2.46. The molecule has 1 fully saturated rings. The standard InChI is InChI=1S/C8H18N2O3S/c1-8-7-13-6-5-10(8)4-3-9-14(2,11)12/h8-9H,3-7H2,1-2H3/t8-/m1/s1. The summed E-state index contributed by atoms with van der Waals surface area (Å²) in [7, 11) is -3.05. The third-order valence-electron chi connectivity index (χ3n) is 2.27. The van der Waals surface area contributed by atoms with Crippen LogP contribution in [0.1, 0.15) is 6.92 Å². The van der Waals surface area contributed by atoms with Crippen molar-refractivity contribution in [2.24, 2.45) is 0 Å².